The van der Waals surface area contributed by atoms with Gasteiger partial charge in [-0.15, -0.1) is 0 Å². The summed E-state index contributed by atoms with van der Waals surface area (Å²) in [5, 5.41) is 11.6. The number of sulfone groups is 1. The van der Waals surface area contributed by atoms with Gasteiger partial charge in [0.1, 0.15) is 0 Å². The fourth-order valence-electron chi connectivity index (χ4n) is 2.53. The van der Waals surface area contributed by atoms with Gasteiger partial charge in [0.25, 0.3) is 0 Å². The lowest BCUT2D eigenvalue weighted by Gasteiger charge is -2.24. The molecule has 2 aromatic carbocycles. The molecule has 0 heterocycles. The largest absolute Gasteiger partial charge is 0.481 e. The van der Waals surface area contributed by atoms with Crippen LogP contribution in [-0.4, -0.2) is 50.3 Å². The van der Waals surface area contributed by atoms with Gasteiger partial charge in [0.15, 0.2) is 9.84 Å². The van der Waals surface area contributed by atoms with Crippen LogP contribution < -0.4 is 5.32 Å². The molecular formula is C19H22N2O5S. The molecule has 0 fully saturated rings. The summed E-state index contributed by atoms with van der Waals surface area (Å²) < 4.78 is 23.7. The SMILES string of the molecule is CN(CCC(=O)O)C(=O)NC(c1ccccc1)c1cccc(S(C)(=O)=O)c1. The number of nitrogens with zero attached hydrogens (tertiary/aromatic N) is 1. The lowest BCUT2D eigenvalue weighted by atomic mass is 9.99. The first-order chi connectivity index (χ1) is 12.7. The summed E-state index contributed by atoms with van der Waals surface area (Å²) in [5.41, 5.74) is 1.40. The highest BCUT2D eigenvalue weighted by Gasteiger charge is 2.20. The molecule has 7 nitrogen and oxygen atoms in total. The van der Waals surface area contributed by atoms with E-state index in [0.29, 0.717) is 5.56 Å². The molecule has 2 rings (SSSR count). The second-order valence-electron chi connectivity index (χ2n) is 6.20. The van der Waals surface area contributed by atoms with E-state index >= 15 is 0 Å². The van der Waals surface area contributed by atoms with Crippen molar-refractivity contribution < 1.29 is 23.1 Å². The first kappa shape index (κ1) is 20.4. The van der Waals surface area contributed by atoms with Crippen molar-refractivity contribution in [2.45, 2.75) is 17.4 Å². The van der Waals surface area contributed by atoms with Gasteiger partial charge in [0.2, 0.25) is 0 Å². The molecule has 1 atom stereocenters. The highest BCUT2D eigenvalue weighted by atomic mass is 32.2. The Labute approximate surface area is 158 Å². The fraction of sp³-hybridized carbons (Fsp3) is 0.263. The van der Waals surface area contributed by atoms with Crippen LogP contribution in [0.2, 0.25) is 0 Å². The van der Waals surface area contributed by atoms with Gasteiger partial charge in [-0.05, 0) is 23.3 Å². The monoisotopic (exact) mass is 390 g/mol. The Balaban J connectivity index is 2.33. The van der Waals surface area contributed by atoms with E-state index < -0.39 is 27.9 Å². The number of nitrogens with one attached hydrogen (secondary N) is 1. The van der Waals surface area contributed by atoms with Crippen LogP contribution in [0.15, 0.2) is 59.5 Å². The predicted octanol–water partition coefficient (Wildman–Crippen LogP) is 2.30. The number of aliphatic carboxylic acids is 1. The molecule has 0 aliphatic rings. The Bertz CT molecular complexity index is 913. The van der Waals surface area contributed by atoms with Crippen molar-refractivity contribution in [3.63, 3.8) is 0 Å². The van der Waals surface area contributed by atoms with Crippen molar-refractivity contribution in [2.24, 2.45) is 0 Å². The van der Waals surface area contributed by atoms with Crippen molar-refractivity contribution in [1.82, 2.24) is 10.2 Å². The second-order valence-corrected chi connectivity index (χ2v) is 8.22. The van der Waals surface area contributed by atoms with Crippen LogP contribution in [-0.2, 0) is 14.6 Å². The molecule has 0 aliphatic heterocycles. The summed E-state index contributed by atoms with van der Waals surface area (Å²) in [6.07, 6.45) is 0.964. The van der Waals surface area contributed by atoms with E-state index in [1.165, 1.54) is 24.1 Å². The van der Waals surface area contributed by atoms with Crippen molar-refractivity contribution in [3.05, 3.63) is 65.7 Å². The summed E-state index contributed by atoms with van der Waals surface area (Å²) in [4.78, 5) is 24.6. The smallest absolute Gasteiger partial charge is 0.317 e. The molecule has 27 heavy (non-hydrogen) atoms. The Morgan fingerprint density at radius 3 is 2.30 bits per heavy atom. The minimum absolute atomic E-state index is 0.0616. The van der Waals surface area contributed by atoms with Gasteiger partial charge in [-0.1, -0.05) is 42.5 Å². The molecule has 0 saturated carbocycles. The van der Waals surface area contributed by atoms with Crippen molar-refractivity contribution in [1.29, 1.82) is 0 Å². The maximum atomic E-state index is 12.5. The molecule has 0 saturated heterocycles. The number of urea groups is 1. The van der Waals surface area contributed by atoms with Crippen LogP contribution >= 0.6 is 0 Å². The highest BCUT2D eigenvalue weighted by Crippen LogP contribution is 2.24. The van der Waals surface area contributed by atoms with E-state index in [1.54, 1.807) is 12.1 Å². The standard InChI is InChI=1S/C19H22N2O5S/c1-21(12-11-17(22)23)19(24)20-18(14-7-4-3-5-8-14)15-9-6-10-16(13-15)27(2,25)26/h3-10,13,18H,11-12H2,1-2H3,(H,20,24)(H,22,23). The van der Waals surface area contributed by atoms with Crippen molar-refractivity contribution in [3.8, 4) is 0 Å². The number of carboxylic acids is 1. The van der Waals surface area contributed by atoms with Gasteiger partial charge in [-0.25, -0.2) is 13.2 Å². The zero-order chi connectivity index (χ0) is 20.0. The molecule has 0 bridgehead atoms. The highest BCUT2D eigenvalue weighted by molar-refractivity contribution is 7.90. The number of carbonyl (C=O) groups excluding carboxylic acids is 1. The number of hydrogen-bond donors (Lipinski definition) is 2. The maximum absolute atomic E-state index is 12.5. The molecule has 8 heteroatoms. The average Bonchev–Trinajstić information content (AvgIpc) is 2.64. The van der Waals surface area contributed by atoms with E-state index in [4.69, 9.17) is 5.11 Å². The third-order valence-electron chi connectivity index (χ3n) is 4.03. The fourth-order valence-corrected chi connectivity index (χ4v) is 3.20. The molecule has 0 spiro atoms. The zero-order valence-corrected chi connectivity index (χ0v) is 15.9. The minimum Gasteiger partial charge on any atom is -0.481 e. The van der Waals surface area contributed by atoms with Crippen LogP contribution in [0.3, 0.4) is 0 Å². The number of benzene rings is 2. The maximum Gasteiger partial charge on any atom is 0.317 e. The quantitative estimate of drug-likeness (QED) is 0.755. The molecule has 0 aromatic heterocycles. The molecule has 2 N–H and O–H groups in total. The number of rotatable bonds is 7. The van der Waals surface area contributed by atoms with Crippen LogP contribution in [0.4, 0.5) is 4.79 Å². The first-order valence-electron chi connectivity index (χ1n) is 8.27. The summed E-state index contributed by atoms with van der Waals surface area (Å²) in [5.74, 6) is -0.991. The molecule has 0 aliphatic carbocycles. The lowest BCUT2D eigenvalue weighted by molar-refractivity contribution is -0.137. The third kappa shape index (κ3) is 5.82. The molecule has 0 radical (unpaired) electrons. The molecule has 2 amide bonds. The van der Waals surface area contributed by atoms with Crippen molar-refractivity contribution in [2.75, 3.05) is 19.8 Å². The number of carboxylic acid groups (broad SMARTS) is 1. The zero-order valence-electron chi connectivity index (χ0n) is 15.1. The van der Waals surface area contributed by atoms with Crippen LogP contribution in [0, 0.1) is 0 Å². The van der Waals surface area contributed by atoms with E-state index in [2.05, 4.69) is 5.32 Å². The topological polar surface area (TPSA) is 104 Å². The van der Waals surface area contributed by atoms with Crippen molar-refractivity contribution >= 4 is 21.8 Å². The Hall–Kier alpha value is -2.87. The Morgan fingerprint density at radius 1 is 1.07 bits per heavy atom. The first-order valence-corrected chi connectivity index (χ1v) is 10.2. The number of carbonyl (C=O) groups is 2. The lowest BCUT2D eigenvalue weighted by Crippen LogP contribution is -2.40. The van der Waals surface area contributed by atoms with Gasteiger partial charge >= 0.3 is 12.0 Å². The minimum atomic E-state index is -3.39. The average molecular weight is 390 g/mol. The summed E-state index contributed by atoms with van der Waals surface area (Å²) >= 11 is 0. The molecule has 1 unspecified atom stereocenters. The number of amides is 2. The second kappa shape index (κ2) is 8.68. The van der Waals surface area contributed by atoms with E-state index in [-0.39, 0.29) is 17.9 Å². The molecule has 2 aromatic rings. The van der Waals surface area contributed by atoms with Gasteiger partial charge < -0.3 is 15.3 Å². The summed E-state index contributed by atoms with van der Waals surface area (Å²) in [6.45, 7) is 0.0616. The van der Waals surface area contributed by atoms with Crippen LogP contribution in [0.5, 0.6) is 0 Å². The van der Waals surface area contributed by atoms with Crippen LogP contribution in [0.25, 0.3) is 0 Å². The van der Waals surface area contributed by atoms with Gasteiger partial charge in [-0.2, -0.15) is 0 Å². The summed E-state index contributed by atoms with van der Waals surface area (Å²) in [7, 11) is -1.89. The third-order valence-corrected chi connectivity index (χ3v) is 5.14. The van der Waals surface area contributed by atoms with Gasteiger partial charge in [0, 0.05) is 19.8 Å². The predicted molar refractivity (Wildman–Crippen MR) is 101 cm³/mol. The van der Waals surface area contributed by atoms with Crippen LogP contribution in [0.1, 0.15) is 23.6 Å². The normalized spacial score (nSPS) is 12.2. The van der Waals surface area contributed by atoms with E-state index in [9.17, 15) is 18.0 Å². The molecule has 144 valence electrons. The van der Waals surface area contributed by atoms with E-state index in [0.717, 1.165) is 11.8 Å². The van der Waals surface area contributed by atoms with Gasteiger partial charge in [-0.3, -0.25) is 4.79 Å². The van der Waals surface area contributed by atoms with Gasteiger partial charge in [0.05, 0.1) is 17.4 Å². The molecular weight excluding hydrogens is 368 g/mol. The number of hydrogen-bond acceptors (Lipinski definition) is 4. The summed E-state index contributed by atoms with van der Waals surface area (Å²) in [6, 6.07) is 14.5. The Kier molecular flexibility index (Phi) is 6.57. The van der Waals surface area contributed by atoms with E-state index in [1.807, 2.05) is 30.3 Å². The Morgan fingerprint density at radius 2 is 1.70 bits per heavy atom.